The molecule has 0 fully saturated rings. The van der Waals surface area contributed by atoms with Crippen molar-refractivity contribution < 1.29 is 20.9 Å². The van der Waals surface area contributed by atoms with Gasteiger partial charge in [-0.2, -0.15) is 0 Å². The third kappa shape index (κ3) is 4.57. The quantitative estimate of drug-likeness (QED) is 0.537. The summed E-state index contributed by atoms with van der Waals surface area (Å²) in [6.45, 7) is 12.3. The Hall–Kier alpha value is 0.640. The second-order valence-corrected chi connectivity index (χ2v) is 26.0. The normalized spacial score (nSPS) is 17.2. The number of allylic oxidation sites excluding steroid dienone is 8. The Morgan fingerprint density at radius 1 is 1.05 bits per heavy atom. The Morgan fingerprint density at radius 2 is 1.70 bits per heavy atom. The summed E-state index contributed by atoms with van der Waals surface area (Å²) in [6, 6.07) is 0. The molecule has 0 aromatic rings. The molecule has 4 heteroatoms. The fourth-order valence-corrected chi connectivity index (χ4v) is 23.1. The van der Waals surface area contributed by atoms with Crippen molar-refractivity contribution in [2.45, 2.75) is 46.7 Å². The zero-order valence-corrected chi connectivity index (χ0v) is 18.4. The van der Waals surface area contributed by atoms with Crippen LogP contribution in [0.15, 0.2) is 42.5 Å². The maximum atomic E-state index is 2.58. The van der Waals surface area contributed by atoms with Crippen LogP contribution in [0.2, 0.25) is 13.1 Å². The molecule has 0 amide bonds. The molecule has 20 heavy (non-hydrogen) atoms. The Balaban J connectivity index is 0.00000180. The molecule has 0 unspecified atom stereocenters. The molecule has 2 aliphatic rings. The molecule has 0 saturated carbocycles. The van der Waals surface area contributed by atoms with Crippen molar-refractivity contribution in [3.05, 3.63) is 42.5 Å². The van der Waals surface area contributed by atoms with Crippen LogP contribution in [-0.4, -0.2) is 5.92 Å². The second kappa shape index (κ2) is 8.32. The van der Waals surface area contributed by atoms with Gasteiger partial charge in [-0.1, -0.05) is 0 Å². The minimum absolute atomic E-state index is 0. The first-order valence-corrected chi connectivity index (χ1v) is 16.6. The molecule has 0 bridgehead atoms. The zero-order valence-electron chi connectivity index (χ0n) is 13.2. The predicted octanol–water partition coefficient (Wildman–Crippen LogP) is 5.54. The van der Waals surface area contributed by atoms with Crippen LogP contribution in [0.3, 0.4) is 0 Å². The summed E-state index contributed by atoms with van der Waals surface area (Å²) in [5.74, 6) is -0.512. The van der Waals surface area contributed by atoms with E-state index >= 15 is 0 Å². The number of hydrogen-bond donors (Lipinski definition) is 0. The average molecular weight is 410 g/mol. The van der Waals surface area contributed by atoms with Gasteiger partial charge in [0.05, 0.1) is 0 Å². The van der Waals surface area contributed by atoms with E-state index in [1.807, 2.05) is 6.56 Å². The van der Waals surface area contributed by atoms with E-state index in [1.54, 1.807) is 5.57 Å². The van der Waals surface area contributed by atoms with Crippen LogP contribution in [0.4, 0.5) is 0 Å². The van der Waals surface area contributed by atoms with Crippen LogP contribution >= 0.6 is 24.8 Å². The largest absolute Gasteiger partial charge is 0.147 e. The maximum Gasteiger partial charge on any atom is -0.147 e. The van der Waals surface area contributed by atoms with E-state index < -0.39 is 26.8 Å². The van der Waals surface area contributed by atoms with E-state index in [0.717, 1.165) is 0 Å². The van der Waals surface area contributed by atoms with Crippen LogP contribution < -0.4 is 0 Å². The summed E-state index contributed by atoms with van der Waals surface area (Å²) in [5.41, 5.74) is 2.02. The monoisotopic (exact) mass is 407 g/mol. The van der Waals surface area contributed by atoms with E-state index in [4.69, 9.17) is 0 Å². The molecule has 113 valence electrons. The first-order valence-electron chi connectivity index (χ1n) is 7.04. The molecule has 0 saturated heterocycles. The molecule has 0 spiro atoms. The molecule has 0 aliphatic heterocycles. The third-order valence-corrected chi connectivity index (χ3v) is 23.1. The Labute approximate surface area is 145 Å². The van der Waals surface area contributed by atoms with E-state index in [1.165, 1.54) is 12.8 Å². The van der Waals surface area contributed by atoms with Gasteiger partial charge in [0.2, 0.25) is 0 Å². The van der Waals surface area contributed by atoms with Crippen LogP contribution in [0.1, 0.15) is 33.6 Å². The molecule has 0 nitrogen and oxygen atoms in total. The maximum absolute atomic E-state index is 2.58. The average Bonchev–Trinajstić information content (AvgIpc) is 2.86. The summed E-state index contributed by atoms with van der Waals surface area (Å²) in [4.78, 5) is 0. The van der Waals surface area contributed by atoms with E-state index in [2.05, 4.69) is 64.2 Å². The van der Waals surface area contributed by atoms with Crippen molar-refractivity contribution in [1.29, 1.82) is 0 Å². The Kier molecular flexibility index (Phi) is 8.59. The van der Waals surface area contributed by atoms with Crippen molar-refractivity contribution >= 4 is 30.7 Å². The molecule has 0 N–H and O–H groups in total. The van der Waals surface area contributed by atoms with Crippen molar-refractivity contribution in [3.8, 4) is 0 Å². The van der Waals surface area contributed by atoms with Gasteiger partial charge >= 0.3 is 121 Å². The van der Waals surface area contributed by atoms with Gasteiger partial charge in [0, 0.05) is 0 Å². The summed E-state index contributed by atoms with van der Waals surface area (Å²) < 4.78 is 3.78. The SMILES string of the molecule is C[SiH](C)[Zr]([C]1=CC=CC1)[C]1=C(C(C)(C)C)C=CC1.Cl.Cl. The summed E-state index contributed by atoms with van der Waals surface area (Å²) in [6.07, 6.45) is 14.5. The standard InChI is InChI=1S/C9H13.C5H5.C2H7Si.2ClH.Zr/c1-9(2,3)8-6-4-5-7-8;1-2-4-5-3-1;1-3-2;;;/h4,6H,5H2,1-3H3;1-3H,4H2;3H,1-2H3;2*1H;. The zero-order chi connectivity index (χ0) is 13.3. The molecule has 0 atom stereocenters. The fourth-order valence-electron chi connectivity index (χ4n) is 3.02. The van der Waals surface area contributed by atoms with Gasteiger partial charge in [-0.25, -0.2) is 0 Å². The summed E-state index contributed by atoms with van der Waals surface area (Å²) >= 11 is -1.47. The summed E-state index contributed by atoms with van der Waals surface area (Å²) in [7, 11) is 0. The van der Waals surface area contributed by atoms with Crippen LogP contribution in [0.25, 0.3) is 0 Å². The molecule has 0 aromatic heterocycles. The second-order valence-electron chi connectivity index (χ2n) is 6.64. The van der Waals surface area contributed by atoms with Crippen molar-refractivity contribution in [2.75, 3.05) is 0 Å². The van der Waals surface area contributed by atoms with Crippen molar-refractivity contribution in [2.24, 2.45) is 5.41 Å². The van der Waals surface area contributed by atoms with Crippen molar-refractivity contribution in [3.63, 3.8) is 0 Å². The molecule has 0 aromatic carbocycles. The van der Waals surface area contributed by atoms with Gasteiger partial charge in [-0.15, -0.1) is 24.8 Å². The fraction of sp³-hybridized carbons (Fsp3) is 0.500. The predicted molar refractivity (Wildman–Crippen MR) is 95.5 cm³/mol. The number of halogens is 2. The molecule has 2 rings (SSSR count). The van der Waals surface area contributed by atoms with Crippen LogP contribution in [0.5, 0.6) is 0 Å². The molecule has 0 radical (unpaired) electrons. The minimum Gasteiger partial charge on any atom is -0.147 e. The van der Waals surface area contributed by atoms with Gasteiger partial charge in [-0.05, 0) is 0 Å². The van der Waals surface area contributed by atoms with E-state index in [-0.39, 0.29) is 24.8 Å². The Morgan fingerprint density at radius 3 is 2.15 bits per heavy atom. The number of rotatable bonds is 3. The van der Waals surface area contributed by atoms with Gasteiger partial charge in [0.15, 0.2) is 0 Å². The smallest absolute Gasteiger partial charge is 0.147 e. The third-order valence-electron chi connectivity index (χ3n) is 3.76. The van der Waals surface area contributed by atoms with E-state index in [9.17, 15) is 0 Å². The van der Waals surface area contributed by atoms with E-state index in [0.29, 0.717) is 5.41 Å². The minimum atomic E-state index is -1.47. The van der Waals surface area contributed by atoms with Crippen molar-refractivity contribution in [1.82, 2.24) is 0 Å². The molecular formula is C16H27Cl2SiZr. The van der Waals surface area contributed by atoms with Gasteiger partial charge in [0.1, 0.15) is 0 Å². The van der Waals surface area contributed by atoms with Gasteiger partial charge in [0.25, 0.3) is 0 Å². The first kappa shape index (κ1) is 20.6. The molecule has 2 aliphatic carbocycles. The first-order chi connectivity index (χ1) is 8.41. The molecule has 0 heterocycles. The topological polar surface area (TPSA) is 0 Å². The summed E-state index contributed by atoms with van der Waals surface area (Å²) in [5, 5.41) is 0. The Bertz CT molecular complexity index is 454. The van der Waals surface area contributed by atoms with Crippen LogP contribution in [0, 0.1) is 5.41 Å². The van der Waals surface area contributed by atoms with Crippen LogP contribution in [-0.2, 0) is 20.9 Å². The van der Waals surface area contributed by atoms with Gasteiger partial charge in [-0.3, -0.25) is 0 Å². The molecular weight excluding hydrogens is 382 g/mol. The van der Waals surface area contributed by atoms with Gasteiger partial charge < -0.3 is 0 Å². The number of hydrogen-bond acceptors (Lipinski definition) is 0.